The van der Waals surface area contributed by atoms with Crippen LogP contribution in [0.5, 0.6) is 0 Å². The van der Waals surface area contributed by atoms with Gasteiger partial charge in [-0.25, -0.2) is 4.39 Å². The Morgan fingerprint density at radius 2 is 2.28 bits per heavy atom. The van der Waals surface area contributed by atoms with E-state index in [1.807, 2.05) is 0 Å². The molecule has 2 nitrogen and oxygen atoms in total. The molecule has 0 radical (unpaired) electrons. The molecule has 1 atom stereocenters. The maximum absolute atomic E-state index is 13.4. The molecule has 2 rings (SSSR count). The van der Waals surface area contributed by atoms with Crippen LogP contribution >= 0.6 is 12.2 Å². The molecule has 0 bridgehead atoms. The Kier molecular flexibility index (Phi) is 4.30. The normalized spacial score (nSPS) is 20.9. The van der Waals surface area contributed by atoms with Crippen molar-refractivity contribution in [3.63, 3.8) is 0 Å². The van der Waals surface area contributed by atoms with E-state index in [9.17, 15) is 4.39 Å². The van der Waals surface area contributed by atoms with E-state index in [1.54, 1.807) is 12.1 Å². The molecule has 1 heterocycles. The van der Waals surface area contributed by atoms with Gasteiger partial charge < -0.3 is 5.73 Å². The lowest BCUT2D eigenvalue weighted by molar-refractivity contribution is 0.152. The van der Waals surface area contributed by atoms with Crippen molar-refractivity contribution < 1.29 is 4.39 Å². The second kappa shape index (κ2) is 5.76. The van der Waals surface area contributed by atoms with Crippen LogP contribution in [0.3, 0.4) is 0 Å². The van der Waals surface area contributed by atoms with Crippen LogP contribution in [0, 0.1) is 5.82 Å². The van der Waals surface area contributed by atoms with Crippen molar-refractivity contribution in [2.75, 3.05) is 6.54 Å². The number of benzene rings is 1. The number of hydrogen-bond acceptors (Lipinski definition) is 2. The van der Waals surface area contributed by atoms with Crippen LogP contribution in [0.2, 0.25) is 0 Å². The van der Waals surface area contributed by atoms with Crippen LogP contribution in [-0.4, -0.2) is 22.5 Å². The first-order valence-electron chi connectivity index (χ1n) is 6.40. The van der Waals surface area contributed by atoms with E-state index in [1.165, 1.54) is 25.3 Å². The molecule has 0 aliphatic carbocycles. The highest BCUT2D eigenvalue weighted by Gasteiger charge is 2.19. The first-order valence-corrected chi connectivity index (χ1v) is 6.81. The second-order valence-electron chi connectivity index (χ2n) is 4.98. The summed E-state index contributed by atoms with van der Waals surface area (Å²) < 4.78 is 13.4. The van der Waals surface area contributed by atoms with Gasteiger partial charge in [0.1, 0.15) is 10.8 Å². The van der Waals surface area contributed by atoms with Crippen molar-refractivity contribution in [2.24, 2.45) is 5.73 Å². The van der Waals surface area contributed by atoms with Gasteiger partial charge in [-0.05, 0) is 50.1 Å². The fraction of sp³-hybridized carbons (Fsp3) is 0.500. The van der Waals surface area contributed by atoms with Crippen molar-refractivity contribution in [3.05, 3.63) is 35.1 Å². The molecule has 18 heavy (non-hydrogen) atoms. The summed E-state index contributed by atoms with van der Waals surface area (Å²) in [5.41, 5.74) is 7.39. The van der Waals surface area contributed by atoms with E-state index < -0.39 is 0 Å². The van der Waals surface area contributed by atoms with Gasteiger partial charge in [0.15, 0.2) is 0 Å². The third kappa shape index (κ3) is 3.06. The molecule has 98 valence electrons. The average molecular weight is 266 g/mol. The number of halogens is 1. The molecule has 1 fully saturated rings. The molecule has 4 heteroatoms. The van der Waals surface area contributed by atoms with E-state index in [0.29, 0.717) is 11.0 Å². The Bertz CT molecular complexity index is 447. The molecule has 1 aliphatic heterocycles. The van der Waals surface area contributed by atoms with Crippen LogP contribution < -0.4 is 5.73 Å². The van der Waals surface area contributed by atoms with Gasteiger partial charge in [0.05, 0.1) is 0 Å². The highest BCUT2D eigenvalue weighted by Crippen LogP contribution is 2.21. The molecule has 0 amide bonds. The zero-order valence-corrected chi connectivity index (χ0v) is 11.5. The molecule has 2 N–H and O–H groups in total. The van der Waals surface area contributed by atoms with Crippen molar-refractivity contribution in [1.29, 1.82) is 0 Å². The Morgan fingerprint density at radius 1 is 1.50 bits per heavy atom. The van der Waals surface area contributed by atoms with Crippen molar-refractivity contribution in [3.8, 4) is 0 Å². The fourth-order valence-corrected chi connectivity index (χ4v) is 2.74. The van der Waals surface area contributed by atoms with E-state index in [2.05, 4.69) is 11.8 Å². The molecule has 1 saturated heterocycles. The highest BCUT2D eigenvalue weighted by molar-refractivity contribution is 7.80. The zero-order valence-electron chi connectivity index (χ0n) is 10.7. The number of nitrogens with zero attached hydrogens (tertiary/aromatic N) is 1. The number of nitrogens with two attached hydrogens (primary N) is 1. The van der Waals surface area contributed by atoms with Crippen LogP contribution in [0.25, 0.3) is 0 Å². The van der Waals surface area contributed by atoms with Gasteiger partial charge in [-0.3, -0.25) is 4.90 Å². The fourth-order valence-electron chi connectivity index (χ4n) is 2.54. The predicted molar refractivity (Wildman–Crippen MR) is 76.0 cm³/mol. The molecular weight excluding hydrogens is 247 g/mol. The monoisotopic (exact) mass is 266 g/mol. The molecular formula is C14H19FN2S. The lowest BCUT2D eigenvalue weighted by atomic mass is 10.0. The number of piperidine rings is 1. The van der Waals surface area contributed by atoms with Crippen LogP contribution in [-0.2, 0) is 6.54 Å². The average Bonchev–Trinajstić information content (AvgIpc) is 2.32. The maximum Gasteiger partial charge on any atom is 0.123 e. The summed E-state index contributed by atoms with van der Waals surface area (Å²) in [6.07, 6.45) is 3.70. The van der Waals surface area contributed by atoms with Crippen molar-refractivity contribution in [1.82, 2.24) is 4.90 Å². The number of likely N-dealkylation sites (tertiary alicyclic amines) is 1. The lowest BCUT2D eigenvalue weighted by Gasteiger charge is -2.33. The van der Waals surface area contributed by atoms with Crippen LogP contribution in [0.1, 0.15) is 37.3 Å². The van der Waals surface area contributed by atoms with E-state index >= 15 is 0 Å². The summed E-state index contributed by atoms with van der Waals surface area (Å²) in [6, 6.07) is 5.19. The molecule has 1 aromatic carbocycles. The van der Waals surface area contributed by atoms with Crippen LogP contribution in [0.15, 0.2) is 18.2 Å². The molecule has 1 aliphatic rings. The SMILES string of the molecule is CC1CCCCN1Cc1cc(F)ccc1C(N)=S. The van der Waals surface area contributed by atoms with E-state index in [0.717, 1.165) is 24.2 Å². The Morgan fingerprint density at radius 3 is 2.94 bits per heavy atom. The minimum Gasteiger partial charge on any atom is -0.389 e. The van der Waals surface area contributed by atoms with Crippen molar-refractivity contribution >= 4 is 17.2 Å². The van der Waals surface area contributed by atoms with Gasteiger partial charge in [0, 0.05) is 18.2 Å². The molecule has 1 aromatic rings. The molecule has 0 aromatic heterocycles. The zero-order chi connectivity index (χ0) is 13.1. The number of hydrogen-bond donors (Lipinski definition) is 1. The summed E-state index contributed by atoms with van der Waals surface area (Å²) in [5, 5.41) is 0. The first kappa shape index (κ1) is 13.4. The topological polar surface area (TPSA) is 29.3 Å². The quantitative estimate of drug-likeness (QED) is 0.853. The molecule has 1 unspecified atom stereocenters. The van der Waals surface area contributed by atoms with Crippen molar-refractivity contribution in [2.45, 2.75) is 38.8 Å². The van der Waals surface area contributed by atoms with Gasteiger partial charge in [0.2, 0.25) is 0 Å². The number of rotatable bonds is 3. The summed E-state index contributed by atoms with van der Waals surface area (Å²) in [7, 11) is 0. The maximum atomic E-state index is 13.4. The third-order valence-electron chi connectivity index (χ3n) is 3.65. The standard InChI is InChI=1S/C14H19FN2S/c1-10-4-2-3-7-17(10)9-11-8-12(15)5-6-13(11)14(16)18/h5-6,8,10H,2-4,7,9H2,1H3,(H2,16,18). The van der Waals surface area contributed by atoms with E-state index in [-0.39, 0.29) is 5.82 Å². The Labute approximate surface area is 113 Å². The lowest BCUT2D eigenvalue weighted by Crippen LogP contribution is -2.37. The van der Waals surface area contributed by atoms with Gasteiger partial charge in [0.25, 0.3) is 0 Å². The Balaban J connectivity index is 2.21. The smallest absolute Gasteiger partial charge is 0.123 e. The Hall–Kier alpha value is -1.00. The molecule has 0 spiro atoms. The third-order valence-corrected chi connectivity index (χ3v) is 3.87. The molecule has 0 saturated carbocycles. The predicted octanol–water partition coefficient (Wildman–Crippen LogP) is 2.83. The summed E-state index contributed by atoms with van der Waals surface area (Å²) in [4.78, 5) is 2.72. The van der Waals surface area contributed by atoms with Gasteiger partial charge in [-0.15, -0.1) is 0 Å². The van der Waals surface area contributed by atoms with E-state index in [4.69, 9.17) is 18.0 Å². The largest absolute Gasteiger partial charge is 0.389 e. The first-order chi connectivity index (χ1) is 8.58. The van der Waals surface area contributed by atoms with Gasteiger partial charge >= 0.3 is 0 Å². The summed E-state index contributed by atoms with van der Waals surface area (Å²) in [5.74, 6) is -0.227. The second-order valence-corrected chi connectivity index (χ2v) is 5.42. The summed E-state index contributed by atoms with van der Waals surface area (Å²) >= 11 is 5.03. The van der Waals surface area contributed by atoms with Gasteiger partial charge in [-0.2, -0.15) is 0 Å². The highest BCUT2D eigenvalue weighted by atomic mass is 32.1. The minimum absolute atomic E-state index is 0.227. The summed E-state index contributed by atoms with van der Waals surface area (Å²) in [6.45, 7) is 4.01. The van der Waals surface area contributed by atoms with Crippen LogP contribution in [0.4, 0.5) is 4.39 Å². The van der Waals surface area contributed by atoms with Gasteiger partial charge in [-0.1, -0.05) is 18.6 Å². The number of thiocarbonyl (C=S) groups is 1. The minimum atomic E-state index is -0.227.